The van der Waals surface area contributed by atoms with E-state index in [1.165, 1.54) is 12.1 Å². The van der Waals surface area contributed by atoms with Crippen LogP contribution in [-0.4, -0.2) is 22.4 Å². The van der Waals surface area contributed by atoms with Crippen LogP contribution in [0.3, 0.4) is 0 Å². The highest BCUT2D eigenvalue weighted by Crippen LogP contribution is 2.47. The highest BCUT2D eigenvalue weighted by atomic mass is 19.1. The number of hydrogen-bond acceptors (Lipinski definition) is 2. The third-order valence-corrected chi connectivity index (χ3v) is 4.56. The van der Waals surface area contributed by atoms with Crippen LogP contribution in [0.2, 0.25) is 0 Å². The Morgan fingerprint density at radius 1 is 1.29 bits per heavy atom. The zero-order valence-electron chi connectivity index (χ0n) is 12.9. The van der Waals surface area contributed by atoms with E-state index >= 15 is 0 Å². The lowest BCUT2D eigenvalue weighted by Crippen LogP contribution is -2.39. The molecule has 0 bridgehead atoms. The molecule has 1 N–H and O–H groups in total. The molecule has 1 spiro atoms. The van der Waals surface area contributed by atoms with Gasteiger partial charge in [0.2, 0.25) is 5.91 Å². The fourth-order valence-electron chi connectivity index (χ4n) is 3.38. The van der Waals surface area contributed by atoms with Crippen LogP contribution in [0.5, 0.6) is 0 Å². The summed E-state index contributed by atoms with van der Waals surface area (Å²) in [5.74, 6) is 0.508. The van der Waals surface area contributed by atoms with E-state index in [1.54, 1.807) is 12.1 Å². The summed E-state index contributed by atoms with van der Waals surface area (Å²) < 4.78 is 13.1. The van der Waals surface area contributed by atoms with Gasteiger partial charge in [-0.1, -0.05) is 26.0 Å². The van der Waals surface area contributed by atoms with Crippen LogP contribution in [0.15, 0.2) is 24.3 Å². The monoisotopic (exact) mass is 290 g/mol. The molecule has 4 heteroatoms. The lowest BCUT2D eigenvalue weighted by molar-refractivity contribution is -0.133. The summed E-state index contributed by atoms with van der Waals surface area (Å²) in [6.07, 6.45) is 2.67. The average molecular weight is 290 g/mol. The van der Waals surface area contributed by atoms with Gasteiger partial charge in [0, 0.05) is 6.04 Å². The van der Waals surface area contributed by atoms with Crippen LogP contribution in [0.25, 0.3) is 0 Å². The molecule has 0 radical (unpaired) electrons. The first kappa shape index (κ1) is 14.5. The van der Waals surface area contributed by atoms with E-state index in [1.807, 2.05) is 4.90 Å². The molecule has 114 valence electrons. The minimum absolute atomic E-state index is 0.130. The van der Waals surface area contributed by atoms with Crippen molar-refractivity contribution in [2.24, 2.45) is 5.92 Å². The van der Waals surface area contributed by atoms with E-state index in [0.29, 0.717) is 5.92 Å². The molecule has 2 unspecified atom stereocenters. The highest BCUT2D eigenvalue weighted by molar-refractivity contribution is 5.92. The molecule has 2 aliphatic rings. The first-order chi connectivity index (χ1) is 9.93. The quantitative estimate of drug-likeness (QED) is 0.923. The maximum Gasteiger partial charge on any atom is 0.244 e. The van der Waals surface area contributed by atoms with Gasteiger partial charge in [-0.15, -0.1) is 0 Å². The van der Waals surface area contributed by atoms with Gasteiger partial charge >= 0.3 is 0 Å². The lowest BCUT2D eigenvalue weighted by Gasteiger charge is -2.31. The maximum atomic E-state index is 13.1. The number of amides is 1. The number of nitrogens with zero attached hydrogens (tertiary/aromatic N) is 1. The van der Waals surface area contributed by atoms with Crippen molar-refractivity contribution < 1.29 is 9.18 Å². The Hall–Kier alpha value is -1.42. The smallest absolute Gasteiger partial charge is 0.244 e. The fraction of sp³-hybridized carbons (Fsp3) is 0.588. The number of carbonyl (C=O) groups excluding carboxylic acids is 1. The van der Waals surface area contributed by atoms with Gasteiger partial charge in [0.15, 0.2) is 0 Å². The third-order valence-electron chi connectivity index (χ3n) is 4.56. The maximum absolute atomic E-state index is 13.1. The molecule has 21 heavy (non-hydrogen) atoms. The van der Waals surface area contributed by atoms with Gasteiger partial charge < -0.3 is 4.90 Å². The zero-order chi connectivity index (χ0) is 15.2. The molecule has 1 saturated heterocycles. The summed E-state index contributed by atoms with van der Waals surface area (Å²) in [5.41, 5.74) is 0.619. The first-order valence-corrected chi connectivity index (χ1v) is 7.79. The van der Waals surface area contributed by atoms with Gasteiger partial charge in [0.05, 0.1) is 0 Å². The SMILES string of the molecule is CC(C)CC(C)N1C(=O)C2(CC2)NC1c1ccc(F)cc1. The van der Waals surface area contributed by atoms with Crippen molar-refractivity contribution in [2.45, 2.75) is 57.8 Å². The van der Waals surface area contributed by atoms with Crippen LogP contribution >= 0.6 is 0 Å². The molecule has 1 aromatic rings. The second kappa shape index (κ2) is 5.09. The molecule has 1 aliphatic heterocycles. The first-order valence-electron chi connectivity index (χ1n) is 7.79. The van der Waals surface area contributed by atoms with Crippen molar-refractivity contribution in [2.75, 3.05) is 0 Å². The molecule has 3 rings (SSSR count). The Kier molecular flexibility index (Phi) is 3.52. The van der Waals surface area contributed by atoms with Crippen molar-refractivity contribution >= 4 is 5.91 Å². The highest BCUT2D eigenvalue weighted by Gasteiger charge is 2.60. The Morgan fingerprint density at radius 2 is 1.90 bits per heavy atom. The Morgan fingerprint density at radius 3 is 2.43 bits per heavy atom. The molecule has 1 aliphatic carbocycles. The zero-order valence-corrected chi connectivity index (χ0v) is 12.9. The predicted octanol–water partition coefficient (Wildman–Crippen LogP) is 3.22. The largest absolute Gasteiger partial charge is 0.319 e. The van der Waals surface area contributed by atoms with Gasteiger partial charge in [-0.05, 0) is 49.8 Å². The lowest BCUT2D eigenvalue weighted by atomic mass is 10.0. The topological polar surface area (TPSA) is 32.3 Å². The van der Waals surface area contributed by atoms with E-state index in [0.717, 1.165) is 24.8 Å². The molecule has 1 amide bonds. The molecule has 1 heterocycles. The second-order valence-electron chi connectivity index (χ2n) is 6.87. The Labute approximate surface area is 125 Å². The van der Waals surface area contributed by atoms with E-state index in [2.05, 4.69) is 26.1 Å². The Bertz CT molecular complexity index is 536. The van der Waals surface area contributed by atoms with Crippen molar-refractivity contribution in [3.05, 3.63) is 35.6 Å². The molecule has 3 nitrogen and oxygen atoms in total. The van der Waals surface area contributed by atoms with Crippen LogP contribution in [0, 0.1) is 11.7 Å². The van der Waals surface area contributed by atoms with Crippen molar-refractivity contribution in [1.82, 2.24) is 10.2 Å². The van der Waals surface area contributed by atoms with E-state index in [-0.39, 0.29) is 29.5 Å². The molecular formula is C17H23FN2O. The summed E-state index contributed by atoms with van der Waals surface area (Å²) in [7, 11) is 0. The summed E-state index contributed by atoms with van der Waals surface area (Å²) in [6.45, 7) is 6.45. The van der Waals surface area contributed by atoms with Gasteiger partial charge in [0.25, 0.3) is 0 Å². The minimum Gasteiger partial charge on any atom is -0.319 e. The summed E-state index contributed by atoms with van der Waals surface area (Å²) in [4.78, 5) is 14.7. The number of hydrogen-bond donors (Lipinski definition) is 1. The molecule has 0 aromatic heterocycles. The minimum atomic E-state index is -0.343. The predicted molar refractivity (Wildman–Crippen MR) is 80.0 cm³/mol. The molecular weight excluding hydrogens is 267 g/mol. The number of nitrogens with one attached hydrogen (secondary N) is 1. The van der Waals surface area contributed by atoms with E-state index in [4.69, 9.17) is 0 Å². The van der Waals surface area contributed by atoms with Gasteiger partial charge in [-0.3, -0.25) is 10.1 Å². The molecule has 1 aromatic carbocycles. The van der Waals surface area contributed by atoms with E-state index in [9.17, 15) is 9.18 Å². The normalized spacial score (nSPS) is 24.9. The fourth-order valence-corrected chi connectivity index (χ4v) is 3.38. The second-order valence-corrected chi connectivity index (χ2v) is 6.87. The van der Waals surface area contributed by atoms with Gasteiger partial charge in [-0.2, -0.15) is 0 Å². The van der Waals surface area contributed by atoms with E-state index < -0.39 is 0 Å². The standard InChI is InChI=1S/C17H23FN2O/c1-11(2)10-12(3)20-15(13-4-6-14(18)7-5-13)19-17(8-9-17)16(20)21/h4-7,11-12,15,19H,8-10H2,1-3H3. The number of rotatable bonds is 4. The van der Waals surface area contributed by atoms with Gasteiger partial charge in [-0.25, -0.2) is 4.39 Å². The van der Waals surface area contributed by atoms with Crippen molar-refractivity contribution in [3.63, 3.8) is 0 Å². The van der Waals surface area contributed by atoms with Crippen molar-refractivity contribution in [1.29, 1.82) is 0 Å². The molecule has 1 saturated carbocycles. The van der Waals surface area contributed by atoms with Crippen LogP contribution in [0.4, 0.5) is 4.39 Å². The van der Waals surface area contributed by atoms with Crippen LogP contribution in [0.1, 0.15) is 51.8 Å². The summed E-state index contributed by atoms with van der Waals surface area (Å²) >= 11 is 0. The third kappa shape index (κ3) is 2.57. The van der Waals surface area contributed by atoms with Crippen LogP contribution < -0.4 is 5.32 Å². The van der Waals surface area contributed by atoms with Crippen molar-refractivity contribution in [3.8, 4) is 0 Å². The summed E-state index contributed by atoms with van der Waals surface area (Å²) in [5, 5.41) is 3.49. The Balaban J connectivity index is 1.89. The number of halogens is 1. The molecule has 2 atom stereocenters. The van der Waals surface area contributed by atoms with Gasteiger partial charge in [0.1, 0.15) is 17.5 Å². The van der Waals surface area contributed by atoms with Crippen LogP contribution in [-0.2, 0) is 4.79 Å². The number of benzene rings is 1. The summed E-state index contributed by atoms with van der Waals surface area (Å²) in [6, 6.07) is 6.66. The molecule has 2 fully saturated rings. The number of carbonyl (C=O) groups is 1. The average Bonchev–Trinajstić information content (AvgIpc) is 3.12.